The van der Waals surface area contributed by atoms with Gasteiger partial charge in [0, 0.05) is 6.42 Å². The van der Waals surface area contributed by atoms with Gasteiger partial charge in [-0.1, -0.05) is 25.5 Å². The van der Waals surface area contributed by atoms with E-state index < -0.39 is 11.7 Å². The SMILES string of the molecule is C[C@]12CC(C=O)C(O)(O)CC1=CC[C@@H]1[C@H]2CC[C@]2(C)C(O)CC[C@@H]12. The average Bonchev–Trinajstić information content (AvgIpc) is 2.83. The van der Waals surface area contributed by atoms with Crippen LogP contribution >= 0.6 is 0 Å². The van der Waals surface area contributed by atoms with Crippen LogP contribution in [-0.2, 0) is 4.79 Å². The summed E-state index contributed by atoms with van der Waals surface area (Å²) in [6.07, 6.45) is 8.59. The second-order valence-electron chi connectivity index (χ2n) is 9.40. The van der Waals surface area contributed by atoms with Crippen LogP contribution in [0, 0.1) is 34.5 Å². The van der Waals surface area contributed by atoms with Crippen molar-refractivity contribution < 1.29 is 20.1 Å². The van der Waals surface area contributed by atoms with Gasteiger partial charge in [0.15, 0.2) is 5.79 Å². The van der Waals surface area contributed by atoms with Crippen molar-refractivity contribution in [1.29, 1.82) is 0 Å². The van der Waals surface area contributed by atoms with Gasteiger partial charge in [-0.2, -0.15) is 0 Å². The first-order chi connectivity index (χ1) is 11.2. The van der Waals surface area contributed by atoms with E-state index in [0.29, 0.717) is 24.2 Å². The zero-order chi connectivity index (χ0) is 17.3. The monoisotopic (exact) mass is 334 g/mol. The number of carbonyl (C=O) groups is 1. The molecule has 7 atom stereocenters. The molecule has 0 amide bonds. The van der Waals surface area contributed by atoms with E-state index in [-0.39, 0.29) is 23.4 Å². The summed E-state index contributed by atoms with van der Waals surface area (Å²) in [7, 11) is 0. The van der Waals surface area contributed by atoms with Gasteiger partial charge in [0.05, 0.1) is 12.0 Å². The van der Waals surface area contributed by atoms with Crippen LogP contribution in [0.4, 0.5) is 0 Å². The standard InChI is InChI=1S/C20H30O4/c1-18-8-7-16-14(15(18)5-6-17(18)22)4-3-12-10-20(23,24)13(11-21)9-19(12,16)2/h3,11,13-17,22-24H,4-10H2,1-2H3/t13?,14-,15-,16+,17?,18-,19-/m0/s1. The highest BCUT2D eigenvalue weighted by Crippen LogP contribution is 2.65. The van der Waals surface area contributed by atoms with Crippen LogP contribution in [-0.4, -0.2) is 33.5 Å². The van der Waals surface area contributed by atoms with Crippen LogP contribution in [0.2, 0.25) is 0 Å². The minimum Gasteiger partial charge on any atom is -0.393 e. The van der Waals surface area contributed by atoms with Gasteiger partial charge in [-0.25, -0.2) is 0 Å². The summed E-state index contributed by atoms with van der Waals surface area (Å²) < 4.78 is 0. The Hall–Kier alpha value is -0.710. The first-order valence-corrected chi connectivity index (χ1v) is 9.50. The summed E-state index contributed by atoms with van der Waals surface area (Å²) in [6, 6.07) is 0. The third-order valence-corrected chi connectivity index (χ3v) is 8.43. The number of rotatable bonds is 1. The molecule has 3 N–H and O–H groups in total. The van der Waals surface area contributed by atoms with Gasteiger partial charge in [-0.15, -0.1) is 0 Å². The zero-order valence-corrected chi connectivity index (χ0v) is 14.7. The summed E-state index contributed by atoms with van der Waals surface area (Å²) in [5, 5.41) is 31.0. The lowest BCUT2D eigenvalue weighted by Gasteiger charge is -2.59. The molecule has 3 saturated carbocycles. The Morgan fingerprint density at radius 1 is 1.17 bits per heavy atom. The molecule has 2 unspecified atom stereocenters. The van der Waals surface area contributed by atoms with Crippen molar-refractivity contribution in [3.8, 4) is 0 Å². The number of aliphatic hydroxyl groups is 3. The van der Waals surface area contributed by atoms with Crippen LogP contribution in [0.3, 0.4) is 0 Å². The molecule has 134 valence electrons. The first kappa shape index (κ1) is 16.7. The van der Waals surface area contributed by atoms with Gasteiger partial charge >= 0.3 is 0 Å². The number of fused-ring (bicyclic) bond motifs is 5. The van der Waals surface area contributed by atoms with Gasteiger partial charge in [-0.05, 0) is 67.1 Å². The van der Waals surface area contributed by atoms with Gasteiger partial charge in [0.25, 0.3) is 0 Å². The van der Waals surface area contributed by atoms with E-state index in [4.69, 9.17) is 0 Å². The van der Waals surface area contributed by atoms with E-state index in [2.05, 4.69) is 19.9 Å². The van der Waals surface area contributed by atoms with Crippen molar-refractivity contribution in [1.82, 2.24) is 0 Å². The van der Waals surface area contributed by atoms with Crippen LogP contribution in [0.15, 0.2) is 11.6 Å². The van der Waals surface area contributed by atoms with E-state index >= 15 is 0 Å². The van der Waals surface area contributed by atoms with Gasteiger partial charge in [-0.3, -0.25) is 0 Å². The molecule has 0 aliphatic heterocycles. The van der Waals surface area contributed by atoms with Crippen molar-refractivity contribution in [3.05, 3.63) is 11.6 Å². The van der Waals surface area contributed by atoms with Crippen molar-refractivity contribution in [3.63, 3.8) is 0 Å². The van der Waals surface area contributed by atoms with Crippen molar-refractivity contribution in [2.75, 3.05) is 0 Å². The number of aliphatic hydroxyl groups excluding tert-OH is 1. The molecule has 4 aliphatic carbocycles. The highest BCUT2D eigenvalue weighted by Gasteiger charge is 2.60. The predicted molar refractivity (Wildman–Crippen MR) is 89.8 cm³/mol. The molecular formula is C20H30O4. The van der Waals surface area contributed by atoms with Crippen LogP contribution < -0.4 is 0 Å². The fourth-order valence-electron chi connectivity index (χ4n) is 6.87. The largest absolute Gasteiger partial charge is 0.393 e. The Morgan fingerprint density at radius 2 is 1.92 bits per heavy atom. The Labute approximate surface area is 144 Å². The second kappa shape index (κ2) is 5.15. The molecule has 0 aromatic heterocycles. The second-order valence-corrected chi connectivity index (χ2v) is 9.40. The highest BCUT2D eigenvalue weighted by atomic mass is 16.5. The molecule has 0 saturated heterocycles. The molecule has 24 heavy (non-hydrogen) atoms. The van der Waals surface area contributed by atoms with E-state index in [1.165, 1.54) is 0 Å². The Bertz CT molecular complexity index is 582. The van der Waals surface area contributed by atoms with E-state index in [1.54, 1.807) is 0 Å². The molecule has 0 spiro atoms. The topological polar surface area (TPSA) is 77.8 Å². The smallest absolute Gasteiger partial charge is 0.175 e. The summed E-state index contributed by atoms with van der Waals surface area (Å²) in [4.78, 5) is 11.5. The minimum atomic E-state index is -1.90. The first-order valence-electron chi connectivity index (χ1n) is 9.50. The van der Waals surface area contributed by atoms with Gasteiger partial charge in [0.2, 0.25) is 0 Å². The third-order valence-electron chi connectivity index (χ3n) is 8.43. The molecule has 0 radical (unpaired) electrons. The molecule has 0 aromatic rings. The van der Waals surface area contributed by atoms with Gasteiger partial charge < -0.3 is 20.1 Å². The third kappa shape index (κ3) is 2.06. The molecule has 3 fully saturated rings. The minimum absolute atomic E-state index is 0.0410. The lowest BCUT2D eigenvalue weighted by atomic mass is 9.47. The normalized spacial score (nSPS) is 52.7. The maximum Gasteiger partial charge on any atom is 0.175 e. The summed E-state index contributed by atoms with van der Waals surface area (Å²) >= 11 is 0. The lowest BCUT2D eigenvalue weighted by molar-refractivity contribution is -0.218. The lowest BCUT2D eigenvalue weighted by Crippen LogP contribution is -2.55. The maximum atomic E-state index is 11.5. The molecule has 0 heterocycles. The average molecular weight is 334 g/mol. The molecule has 4 heteroatoms. The fraction of sp³-hybridized carbons (Fsp3) is 0.850. The molecule has 4 nitrogen and oxygen atoms in total. The van der Waals surface area contributed by atoms with E-state index in [1.807, 2.05) is 0 Å². The van der Waals surface area contributed by atoms with Crippen molar-refractivity contribution in [2.24, 2.45) is 34.5 Å². The summed E-state index contributed by atoms with van der Waals surface area (Å²) in [5.74, 6) is -1.02. The number of carbonyl (C=O) groups excluding carboxylic acids is 1. The number of aldehydes is 1. The van der Waals surface area contributed by atoms with Crippen molar-refractivity contribution >= 4 is 6.29 Å². The number of hydrogen-bond donors (Lipinski definition) is 3. The van der Waals surface area contributed by atoms with Crippen molar-refractivity contribution in [2.45, 2.75) is 70.7 Å². The molecule has 0 bridgehead atoms. The van der Waals surface area contributed by atoms with Gasteiger partial charge in [0.1, 0.15) is 6.29 Å². The van der Waals surface area contributed by atoms with Crippen LogP contribution in [0.1, 0.15) is 58.8 Å². The predicted octanol–water partition coefficient (Wildman–Crippen LogP) is 2.42. The molecule has 0 aromatic carbocycles. The Balaban J connectivity index is 1.70. The highest BCUT2D eigenvalue weighted by molar-refractivity contribution is 5.57. The Kier molecular flexibility index (Phi) is 3.59. The molecule has 4 rings (SSSR count). The van der Waals surface area contributed by atoms with Crippen LogP contribution in [0.5, 0.6) is 0 Å². The summed E-state index contributed by atoms with van der Waals surface area (Å²) in [6.45, 7) is 4.49. The zero-order valence-electron chi connectivity index (χ0n) is 14.7. The van der Waals surface area contributed by atoms with E-state index in [9.17, 15) is 20.1 Å². The van der Waals surface area contributed by atoms with Crippen LogP contribution in [0.25, 0.3) is 0 Å². The number of hydrogen-bond acceptors (Lipinski definition) is 4. The number of allylic oxidation sites excluding steroid dienone is 1. The molecular weight excluding hydrogens is 304 g/mol. The quantitative estimate of drug-likeness (QED) is 0.391. The Morgan fingerprint density at radius 3 is 2.62 bits per heavy atom. The summed E-state index contributed by atoms with van der Waals surface area (Å²) in [5.41, 5.74) is 1.06. The fourth-order valence-corrected chi connectivity index (χ4v) is 6.87. The molecule has 4 aliphatic rings. The van der Waals surface area contributed by atoms with E-state index in [0.717, 1.165) is 44.0 Å². The maximum absolute atomic E-state index is 11.5.